The van der Waals surface area contributed by atoms with Crippen LogP contribution in [0.25, 0.3) is 11.1 Å². The summed E-state index contributed by atoms with van der Waals surface area (Å²) in [6.07, 6.45) is 6.30. The number of furan rings is 1. The highest BCUT2D eigenvalue weighted by Crippen LogP contribution is 2.39. The van der Waals surface area contributed by atoms with Gasteiger partial charge in [-0.25, -0.2) is 4.79 Å². The SMILES string of the molecule is O=C(O)c1ccco1.O=C1Cc2ccccc2-c2ccc3c(c21)CC[C@H](Cc1ccccc1)C3. The molecule has 0 saturated heterocycles. The van der Waals surface area contributed by atoms with Gasteiger partial charge in [-0.15, -0.1) is 0 Å². The molecule has 2 aliphatic rings. The maximum Gasteiger partial charge on any atom is 0.371 e. The predicted octanol–water partition coefficient (Wildman–Crippen LogP) is 6.42. The molecular formula is C30H26O4. The molecule has 0 spiro atoms. The Kier molecular flexibility index (Phi) is 6.13. The van der Waals surface area contributed by atoms with Crippen LogP contribution in [-0.2, 0) is 25.7 Å². The Morgan fingerprint density at radius 1 is 0.882 bits per heavy atom. The van der Waals surface area contributed by atoms with E-state index in [1.165, 1.54) is 52.6 Å². The molecule has 0 aliphatic heterocycles. The molecule has 170 valence electrons. The van der Waals surface area contributed by atoms with Crippen LogP contribution in [0.3, 0.4) is 0 Å². The molecule has 3 aromatic carbocycles. The summed E-state index contributed by atoms with van der Waals surface area (Å²) in [5, 5.41) is 8.18. The van der Waals surface area contributed by atoms with E-state index in [0.717, 1.165) is 30.4 Å². The van der Waals surface area contributed by atoms with Gasteiger partial charge in [-0.1, -0.05) is 66.7 Å². The van der Waals surface area contributed by atoms with Gasteiger partial charge in [0.05, 0.1) is 6.26 Å². The number of carboxylic acid groups (broad SMARTS) is 1. The molecule has 6 rings (SSSR count). The highest BCUT2D eigenvalue weighted by atomic mass is 16.4. The maximum absolute atomic E-state index is 12.9. The monoisotopic (exact) mass is 450 g/mol. The normalized spacial score (nSPS) is 15.9. The molecule has 2 aliphatic carbocycles. The number of aromatic carboxylic acids is 1. The van der Waals surface area contributed by atoms with Crippen LogP contribution in [0.2, 0.25) is 0 Å². The summed E-state index contributed by atoms with van der Waals surface area (Å²) in [4.78, 5) is 22.9. The summed E-state index contributed by atoms with van der Waals surface area (Å²) in [7, 11) is 0. The summed E-state index contributed by atoms with van der Waals surface area (Å²) in [5.41, 5.74) is 8.72. The Morgan fingerprint density at radius 2 is 1.68 bits per heavy atom. The second kappa shape index (κ2) is 9.52. The van der Waals surface area contributed by atoms with Crippen molar-refractivity contribution in [1.82, 2.24) is 0 Å². The number of fused-ring (bicyclic) bond motifs is 5. The van der Waals surface area contributed by atoms with Crippen LogP contribution in [0.5, 0.6) is 0 Å². The first-order chi connectivity index (χ1) is 16.6. The number of ketones is 1. The van der Waals surface area contributed by atoms with E-state index in [1.54, 1.807) is 0 Å². The van der Waals surface area contributed by atoms with Gasteiger partial charge in [0.2, 0.25) is 5.76 Å². The van der Waals surface area contributed by atoms with Crippen LogP contribution in [0.15, 0.2) is 89.5 Å². The van der Waals surface area contributed by atoms with Crippen molar-refractivity contribution in [3.05, 3.63) is 119 Å². The minimum absolute atomic E-state index is 0.0231. The van der Waals surface area contributed by atoms with Gasteiger partial charge in [0.25, 0.3) is 0 Å². The van der Waals surface area contributed by atoms with Gasteiger partial charge in [0.1, 0.15) is 0 Å². The molecule has 1 N–H and O–H groups in total. The van der Waals surface area contributed by atoms with Crippen molar-refractivity contribution in [3.8, 4) is 11.1 Å². The Balaban J connectivity index is 0.000000257. The number of hydrogen-bond donors (Lipinski definition) is 1. The van der Waals surface area contributed by atoms with Gasteiger partial charge >= 0.3 is 5.97 Å². The third-order valence-corrected chi connectivity index (χ3v) is 6.76. The average molecular weight is 451 g/mol. The number of rotatable bonds is 3. The zero-order valence-electron chi connectivity index (χ0n) is 18.9. The largest absolute Gasteiger partial charge is 0.475 e. The summed E-state index contributed by atoms with van der Waals surface area (Å²) in [6.45, 7) is 0. The van der Waals surface area contributed by atoms with Crippen LogP contribution in [0, 0.1) is 5.92 Å². The molecule has 1 heterocycles. The lowest BCUT2D eigenvalue weighted by Crippen LogP contribution is -2.22. The fraction of sp³-hybridized carbons (Fsp3) is 0.200. The smallest absolute Gasteiger partial charge is 0.371 e. The summed E-state index contributed by atoms with van der Waals surface area (Å²) in [6, 6.07) is 26.5. The molecule has 0 unspecified atom stereocenters. The molecule has 4 aromatic rings. The fourth-order valence-electron chi connectivity index (χ4n) is 5.19. The Bertz CT molecular complexity index is 1320. The standard InChI is InChI=1S/C25H22O.C5H4O3/c26-24-16-19-8-4-5-9-21(19)23-13-11-20-15-18(10-12-22(20)25(23)24)14-17-6-2-1-3-7-17;6-5(7)4-2-1-3-8-4/h1-9,11,13,18H,10,12,14-16H2;1-3H,(H,6,7)/t18-;/m1./s1. The topological polar surface area (TPSA) is 67.5 Å². The summed E-state index contributed by atoms with van der Waals surface area (Å²) in [5.74, 6) is -0.0778. The number of carboxylic acids is 1. The molecule has 0 radical (unpaired) electrons. The molecule has 0 fully saturated rings. The lowest BCUT2D eigenvalue weighted by molar-refractivity contribution is 0.0662. The van der Waals surface area contributed by atoms with Gasteiger partial charge in [-0.2, -0.15) is 0 Å². The molecular weight excluding hydrogens is 424 g/mol. The van der Waals surface area contributed by atoms with Gasteiger partial charge < -0.3 is 9.52 Å². The maximum atomic E-state index is 12.9. The lowest BCUT2D eigenvalue weighted by Gasteiger charge is -2.29. The van der Waals surface area contributed by atoms with Crippen molar-refractivity contribution in [2.45, 2.75) is 32.1 Å². The molecule has 4 nitrogen and oxygen atoms in total. The molecule has 0 saturated carbocycles. The summed E-state index contributed by atoms with van der Waals surface area (Å²) < 4.78 is 4.50. The lowest BCUT2D eigenvalue weighted by atomic mass is 9.74. The minimum Gasteiger partial charge on any atom is -0.475 e. The van der Waals surface area contributed by atoms with Crippen molar-refractivity contribution in [1.29, 1.82) is 0 Å². The predicted molar refractivity (Wildman–Crippen MR) is 131 cm³/mol. The van der Waals surface area contributed by atoms with Crippen LogP contribution in [0.4, 0.5) is 0 Å². The number of Topliss-reactive ketones (excluding diaryl/α,β-unsaturated/α-hetero) is 1. The van der Waals surface area contributed by atoms with E-state index in [-0.39, 0.29) is 5.76 Å². The van der Waals surface area contributed by atoms with Crippen molar-refractivity contribution in [2.24, 2.45) is 5.92 Å². The Hall–Kier alpha value is -3.92. The van der Waals surface area contributed by atoms with E-state index < -0.39 is 5.97 Å². The number of benzene rings is 3. The van der Waals surface area contributed by atoms with Gasteiger partial charge in [0, 0.05) is 12.0 Å². The zero-order valence-corrected chi connectivity index (χ0v) is 18.9. The molecule has 0 amide bonds. The minimum atomic E-state index is -1.03. The van der Waals surface area contributed by atoms with E-state index in [9.17, 15) is 9.59 Å². The first kappa shape index (κ1) is 21.9. The molecule has 0 bridgehead atoms. The van der Waals surface area contributed by atoms with Crippen molar-refractivity contribution in [2.75, 3.05) is 0 Å². The van der Waals surface area contributed by atoms with Gasteiger partial charge in [-0.05, 0) is 77.1 Å². The quantitative estimate of drug-likeness (QED) is 0.391. The Labute approximate surface area is 198 Å². The van der Waals surface area contributed by atoms with Gasteiger partial charge in [-0.3, -0.25) is 4.79 Å². The molecule has 4 heteroatoms. The first-order valence-corrected chi connectivity index (χ1v) is 11.7. The van der Waals surface area contributed by atoms with Crippen LogP contribution >= 0.6 is 0 Å². The van der Waals surface area contributed by atoms with Crippen LogP contribution < -0.4 is 0 Å². The number of hydrogen-bond acceptors (Lipinski definition) is 3. The third-order valence-electron chi connectivity index (χ3n) is 6.76. The zero-order chi connectivity index (χ0) is 23.5. The molecule has 1 aromatic heterocycles. The highest BCUT2D eigenvalue weighted by molar-refractivity contribution is 6.08. The van der Waals surface area contributed by atoms with Crippen LogP contribution in [0.1, 0.15) is 49.6 Å². The second-order valence-corrected chi connectivity index (χ2v) is 8.96. The first-order valence-electron chi connectivity index (χ1n) is 11.7. The van der Waals surface area contributed by atoms with E-state index in [1.807, 2.05) is 6.07 Å². The molecule has 1 atom stereocenters. The second-order valence-electron chi connectivity index (χ2n) is 8.96. The number of carbonyl (C=O) groups is 2. The highest BCUT2D eigenvalue weighted by Gasteiger charge is 2.29. The fourth-order valence-corrected chi connectivity index (χ4v) is 5.19. The number of carbonyl (C=O) groups excluding carboxylic acids is 1. The molecule has 34 heavy (non-hydrogen) atoms. The summed E-state index contributed by atoms with van der Waals surface area (Å²) >= 11 is 0. The van der Waals surface area contributed by atoms with E-state index in [2.05, 4.69) is 65.1 Å². The third kappa shape index (κ3) is 4.44. The van der Waals surface area contributed by atoms with E-state index in [0.29, 0.717) is 18.1 Å². The Morgan fingerprint density at radius 3 is 2.41 bits per heavy atom. The van der Waals surface area contributed by atoms with Crippen molar-refractivity contribution in [3.63, 3.8) is 0 Å². The van der Waals surface area contributed by atoms with Crippen molar-refractivity contribution < 1.29 is 19.1 Å². The van der Waals surface area contributed by atoms with Crippen molar-refractivity contribution >= 4 is 11.8 Å². The van der Waals surface area contributed by atoms with E-state index >= 15 is 0 Å². The van der Waals surface area contributed by atoms with Crippen LogP contribution in [-0.4, -0.2) is 16.9 Å². The van der Waals surface area contributed by atoms with Gasteiger partial charge in [0.15, 0.2) is 5.78 Å². The average Bonchev–Trinajstić information content (AvgIpc) is 3.40. The van der Waals surface area contributed by atoms with E-state index in [4.69, 9.17) is 5.11 Å².